The average Bonchev–Trinajstić information content (AvgIpc) is 2.13. The number of hydrogen-bond donors (Lipinski definition) is 2. The fourth-order valence-electron chi connectivity index (χ4n) is 1.13. The van der Waals surface area contributed by atoms with Gasteiger partial charge in [-0.1, -0.05) is 20.8 Å². The van der Waals surface area contributed by atoms with Crippen LogP contribution in [-0.2, 0) is 4.79 Å². The normalized spacial score (nSPS) is 14.3. The first-order valence-corrected chi connectivity index (χ1v) is 6.19. The molecule has 92 valence electrons. The molecule has 3 N–H and O–H groups in total. The standard InChI is InChI=1S/C10H22N2OS.ClH/c1-5-14-9(7(2)3)10(13)12-8(4)6-11;/h7-9H,5-6,11H2,1-4H3,(H,12,13);1H/t8-,9?;/m0./s1. The van der Waals surface area contributed by atoms with Gasteiger partial charge in [0.1, 0.15) is 0 Å². The summed E-state index contributed by atoms with van der Waals surface area (Å²) in [6.07, 6.45) is 0. The fourth-order valence-corrected chi connectivity index (χ4v) is 2.10. The van der Waals surface area contributed by atoms with Crippen LogP contribution >= 0.6 is 24.2 Å². The molecule has 0 radical (unpaired) electrons. The second-order valence-corrected chi connectivity index (χ2v) is 5.18. The minimum absolute atomic E-state index is 0. The summed E-state index contributed by atoms with van der Waals surface area (Å²) >= 11 is 1.69. The lowest BCUT2D eigenvalue weighted by atomic mass is 10.1. The van der Waals surface area contributed by atoms with Gasteiger partial charge >= 0.3 is 0 Å². The molecule has 0 rings (SSSR count). The van der Waals surface area contributed by atoms with E-state index in [0.29, 0.717) is 12.5 Å². The zero-order valence-electron chi connectivity index (χ0n) is 9.95. The number of hydrogen-bond acceptors (Lipinski definition) is 3. The molecule has 0 aromatic carbocycles. The molecule has 5 heteroatoms. The largest absolute Gasteiger partial charge is 0.351 e. The highest BCUT2D eigenvalue weighted by atomic mass is 35.5. The summed E-state index contributed by atoms with van der Waals surface area (Å²) in [6.45, 7) is 8.62. The van der Waals surface area contributed by atoms with Crippen molar-refractivity contribution in [2.75, 3.05) is 12.3 Å². The molecule has 0 bridgehead atoms. The summed E-state index contributed by atoms with van der Waals surface area (Å²) < 4.78 is 0. The first-order chi connectivity index (χ1) is 6.52. The van der Waals surface area contributed by atoms with Crippen molar-refractivity contribution in [1.82, 2.24) is 5.32 Å². The predicted octanol–water partition coefficient (Wildman–Crippen LogP) is 1.65. The summed E-state index contributed by atoms with van der Waals surface area (Å²) in [5.74, 6) is 1.45. The van der Waals surface area contributed by atoms with Crippen LogP contribution in [0, 0.1) is 5.92 Å². The second-order valence-electron chi connectivity index (χ2n) is 3.77. The van der Waals surface area contributed by atoms with Crippen LogP contribution < -0.4 is 11.1 Å². The highest BCUT2D eigenvalue weighted by Gasteiger charge is 2.22. The Bertz CT molecular complexity index is 179. The minimum atomic E-state index is 0. The summed E-state index contributed by atoms with van der Waals surface area (Å²) in [7, 11) is 0. The lowest BCUT2D eigenvalue weighted by molar-refractivity contribution is -0.121. The van der Waals surface area contributed by atoms with Gasteiger partial charge in [-0.15, -0.1) is 24.2 Å². The van der Waals surface area contributed by atoms with Gasteiger partial charge in [-0.3, -0.25) is 4.79 Å². The number of carbonyl (C=O) groups excluding carboxylic acids is 1. The molecule has 0 aliphatic heterocycles. The summed E-state index contributed by atoms with van der Waals surface area (Å²) in [5, 5.41) is 2.96. The number of amides is 1. The molecule has 0 heterocycles. The molecule has 1 unspecified atom stereocenters. The Kier molecular flexibility index (Phi) is 10.8. The SMILES string of the molecule is CCSC(C(=O)N[C@@H](C)CN)C(C)C.Cl. The third kappa shape index (κ3) is 7.03. The molecule has 15 heavy (non-hydrogen) atoms. The van der Waals surface area contributed by atoms with Crippen LogP contribution in [-0.4, -0.2) is 29.5 Å². The van der Waals surface area contributed by atoms with E-state index in [1.54, 1.807) is 11.8 Å². The van der Waals surface area contributed by atoms with Crippen LogP contribution in [0.4, 0.5) is 0 Å². The van der Waals surface area contributed by atoms with Gasteiger partial charge in [-0.05, 0) is 18.6 Å². The third-order valence-corrected chi connectivity index (χ3v) is 3.40. The van der Waals surface area contributed by atoms with E-state index in [1.807, 2.05) is 6.92 Å². The Balaban J connectivity index is 0. The van der Waals surface area contributed by atoms with Gasteiger partial charge in [0.2, 0.25) is 5.91 Å². The lowest BCUT2D eigenvalue weighted by Gasteiger charge is -2.21. The van der Waals surface area contributed by atoms with E-state index in [1.165, 1.54) is 0 Å². The third-order valence-electron chi connectivity index (χ3n) is 1.95. The van der Waals surface area contributed by atoms with Crippen LogP contribution in [0.15, 0.2) is 0 Å². The molecule has 0 aliphatic rings. The molecule has 0 saturated carbocycles. The van der Waals surface area contributed by atoms with Gasteiger partial charge < -0.3 is 11.1 Å². The second kappa shape index (κ2) is 9.31. The van der Waals surface area contributed by atoms with Crippen LogP contribution in [0.5, 0.6) is 0 Å². The Hall–Kier alpha value is 0.0700. The first kappa shape index (κ1) is 17.5. The van der Waals surface area contributed by atoms with Crippen LogP contribution in [0.3, 0.4) is 0 Å². The Morgan fingerprint density at radius 1 is 1.40 bits per heavy atom. The number of carbonyl (C=O) groups is 1. The first-order valence-electron chi connectivity index (χ1n) is 5.14. The number of nitrogens with two attached hydrogens (primary N) is 1. The lowest BCUT2D eigenvalue weighted by Crippen LogP contribution is -2.43. The summed E-state index contributed by atoms with van der Waals surface area (Å²) in [5.41, 5.74) is 5.45. The molecular weight excluding hydrogens is 232 g/mol. The van der Waals surface area contributed by atoms with E-state index in [9.17, 15) is 4.79 Å². The average molecular weight is 255 g/mol. The molecule has 1 amide bonds. The van der Waals surface area contributed by atoms with E-state index in [4.69, 9.17) is 5.73 Å². The topological polar surface area (TPSA) is 55.1 Å². The zero-order valence-corrected chi connectivity index (χ0v) is 11.6. The molecular formula is C10H23ClN2OS. The molecule has 2 atom stereocenters. The van der Waals surface area contributed by atoms with Gasteiger partial charge in [0.25, 0.3) is 0 Å². The van der Waals surface area contributed by atoms with Gasteiger partial charge in [-0.25, -0.2) is 0 Å². The summed E-state index contributed by atoms with van der Waals surface area (Å²) in [6, 6.07) is 0.0706. The number of nitrogens with one attached hydrogen (secondary N) is 1. The Morgan fingerprint density at radius 3 is 2.27 bits per heavy atom. The van der Waals surface area contributed by atoms with E-state index < -0.39 is 0 Å². The quantitative estimate of drug-likeness (QED) is 0.758. The van der Waals surface area contributed by atoms with E-state index in [2.05, 4.69) is 26.1 Å². The highest BCUT2D eigenvalue weighted by molar-refractivity contribution is 8.00. The van der Waals surface area contributed by atoms with Crippen molar-refractivity contribution in [3.63, 3.8) is 0 Å². The zero-order chi connectivity index (χ0) is 11.1. The maximum absolute atomic E-state index is 11.8. The van der Waals surface area contributed by atoms with Gasteiger partial charge in [-0.2, -0.15) is 0 Å². The smallest absolute Gasteiger partial charge is 0.233 e. The maximum Gasteiger partial charge on any atom is 0.233 e. The van der Waals surface area contributed by atoms with Crippen LogP contribution in [0.1, 0.15) is 27.7 Å². The van der Waals surface area contributed by atoms with Gasteiger partial charge in [0.15, 0.2) is 0 Å². The minimum Gasteiger partial charge on any atom is -0.351 e. The Morgan fingerprint density at radius 2 is 1.93 bits per heavy atom. The van der Waals surface area contributed by atoms with E-state index >= 15 is 0 Å². The van der Waals surface area contributed by atoms with Crippen molar-refractivity contribution >= 4 is 30.1 Å². The van der Waals surface area contributed by atoms with Crippen molar-refractivity contribution < 1.29 is 4.79 Å². The predicted molar refractivity (Wildman–Crippen MR) is 70.7 cm³/mol. The molecule has 3 nitrogen and oxygen atoms in total. The number of rotatable bonds is 6. The fraction of sp³-hybridized carbons (Fsp3) is 0.900. The van der Waals surface area contributed by atoms with Crippen LogP contribution in [0.2, 0.25) is 0 Å². The van der Waals surface area contributed by atoms with E-state index in [0.717, 1.165) is 5.75 Å². The molecule has 0 spiro atoms. The van der Waals surface area contributed by atoms with Crippen LogP contribution in [0.25, 0.3) is 0 Å². The molecule has 0 aromatic heterocycles. The molecule has 0 fully saturated rings. The number of halogens is 1. The van der Waals surface area contributed by atoms with E-state index in [-0.39, 0.29) is 29.6 Å². The molecule has 0 saturated heterocycles. The van der Waals surface area contributed by atoms with Crippen molar-refractivity contribution in [3.8, 4) is 0 Å². The van der Waals surface area contributed by atoms with Crippen molar-refractivity contribution in [1.29, 1.82) is 0 Å². The maximum atomic E-state index is 11.8. The van der Waals surface area contributed by atoms with Gasteiger partial charge in [0.05, 0.1) is 5.25 Å². The highest BCUT2D eigenvalue weighted by Crippen LogP contribution is 2.19. The molecule has 0 aliphatic carbocycles. The van der Waals surface area contributed by atoms with Crippen molar-refractivity contribution in [2.45, 2.75) is 39.0 Å². The Labute approximate surface area is 103 Å². The number of thioether (sulfide) groups is 1. The van der Waals surface area contributed by atoms with Crippen molar-refractivity contribution in [2.24, 2.45) is 11.7 Å². The summed E-state index contributed by atoms with van der Waals surface area (Å²) in [4.78, 5) is 11.8. The van der Waals surface area contributed by atoms with Crippen molar-refractivity contribution in [3.05, 3.63) is 0 Å². The van der Waals surface area contributed by atoms with Gasteiger partial charge in [0, 0.05) is 12.6 Å². The monoisotopic (exact) mass is 254 g/mol. The molecule has 0 aromatic rings.